The van der Waals surface area contributed by atoms with Crippen molar-refractivity contribution < 1.29 is 48.0 Å². The summed E-state index contributed by atoms with van der Waals surface area (Å²) >= 11 is 0. The van der Waals surface area contributed by atoms with Crippen molar-refractivity contribution in [2.75, 3.05) is 20.6 Å². The molecule has 2 aromatic rings. The van der Waals surface area contributed by atoms with Crippen LogP contribution in [0.1, 0.15) is 44.6 Å². The molecule has 0 aromatic heterocycles. The van der Waals surface area contributed by atoms with Gasteiger partial charge in [-0.2, -0.15) is 13.2 Å². The number of primary amides is 1. The quantitative estimate of drug-likeness (QED) is 0.259. The van der Waals surface area contributed by atoms with E-state index < -0.39 is 98.7 Å². The van der Waals surface area contributed by atoms with Gasteiger partial charge in [-0.3, -0.25) is 19.3 Å². The minimum absolute atomic E-state index is 0.180. The molecule has 0 heterocycles. The topological polar surface area (TPSA) is 173 Å². The summed E-state index contributed by atoms with van der Waals surface area (Å²) < 4.78 is 44.3. The molecule has 0 bridgehead atoms. The second-order valence-electron chi connectivity index (χ2n) is 12.9. The zero-order chi connectivity index (χ0) is 33.5. The lowest BCUT2D eigenvalue weighted by Crippen LogP contribution is -2.63. The Morgan fingerprint density at radius 1 is 1.09 bits per heavy atom. The van der Waals surface area contributed by atoms with Crippen LogP contribution in [0.25, 0.3) is 0 Å². The molecule has 0 aliphatic heterocycles. The van der Waals surface area contributed by atoms with Gasteiger partial charge in [-0.15, -0.1) is 0 Å². The van der Waals surface area contributed by atoms with E-state index >= 15 is 0 Å². The number of hydrogen-bond donors (Lipinski definition) is 6. The smallest absolute Gasteiger partial charge is 0.417 e. The maximum atomic E-state index is 14.8. The second-order valence-corrected chi connectivity index (χ2v) is 12.9. The van der Waals surface area contributed by atoms with E-state index in [1.165, 1.54) is 30.1 Å². The Balaban J connectivity index is 1.38. The molecule has 10 nitrogen and oxygen atoms in total. The van der Waals surface area contributed by atoms with Gasteiger partial charge < -0.3 is 31.5 Å². The number of aliphatic hydroxyl groups is 3. The van der Waals surface area contributed by atoms with E-state index in [4.69, 9.17) is 5.73 Å². The third kappa shape index (κ3) is 4.71. The standard InChI is InChI=1S/C33H34F3N3O7/c1-39(2)26-20-10-17-9-19-23(27(41)22(17)29(43)32(20,46)30(44)24(28(26)42)31(37)45)21(40)11-18(25(19)33(34,35)36)13-38-12-14-7-15-5-3-4-6-16(15)8-14/h3-6,11,14,17,20,26,38,40,42-43,46H,7-10,12-13H2,1-2H3,(H2,37,45)/t17-,20-,26-,32-/m0/s1. The Kier molecular flexibility index (Phi) is 7.57. The van der Waals surface area contributed by atoms with Gasteiger partial charge in [0.1, 0.15) is 22.8 Å². The number of phenols is 1. The van der Waals surface area contributed by atoms with E-state index in [0.717, 1.165) is 18.9 Å². The van der Waals surface area contributed by atoms with Gasteiger partial charge in [-0.05, 0) is 86.5 Å². The summed E-state index contributed by atoms with van der Waals surface area (Å²) in [4.78, 5) is 40.7. The maximum absolute atomic E-state index is 14.8. The van der Waals surface area contributed by atoms with Gasteiger partial charge in [0.15, 0.2) is 11.4 Å². The summed E-state index contributed by atoms with van der Waals surface area (Å²) in [5, 5.41) is 48.0. The Morgan fingerprint density at radius 2 is 1.72 bits per heavy atom. The van der Waals surface area contributed by atoms with Crippen LogP contribution < -0.4 is 11.1 Å². The van der Waals surface area contributed by atoms with Gasteiger partial charge >= 0.3 is 6.18 Å². The number of carbonyl (C=O) groups excluding carboxylic acids is 3. The first-order valence-corrected chi connectivity index (χ1v) is 14.9. The Labute approximate surface area is 262 Å². The van der Waals surface area contributed by atoms with E-state index in [0.29, 0.717) is 6.54 Å². The molecule has 0 saturated heterocycles. The van der Waals surface area contributed by atoms with Crippen molar-refractivity contribution in [1.29, 1.82) is 0 Å². The number of amides is 1. The number of likely N-dealkylation sites (N-methyl/N-ethyl adjacent to an activating group) is 1. The largest absolute Gasteiger partial charge is 0.510 e. The van der Waals surface area contributed by atoms with E-state index in [2.05, 4.69) is 5.32 Å². The molecular weight excluding hydrogens is 607 g/mol. The fourth-order valence-corrected chi connectivity index (χ4v) is 8.09. The number of nitrogens with zero attached hydrogens (tertiary/aromatic N) is 1. The van der Waals surface area contributed by atoms with Gasteiger partial charge in [0.25, 0.3) is 5.91 Å². The number of allylic oxidation sites excluding steroid dienone is 1. The molecule has 1 amide bonds. The summed E-state index contributed by atoms with van der Waals surface area (Å²) in [6.45, 7) is 0.195. The van der Waals surface area contributed by atoms with E-state index in [9.17, 15) is 48.0 Å². The van der Waals surface area contributed by atoms with Crippen molar-refractivity contribution >= 4 is 17.5 Å². The highest BCUT2D eigenvalue weighted by molar-refractivity contribution is 6.24. The van der Waals surface area contributed by atoms with E-state index in [-0.39, 0.29) is 24.4 Å². The van der Waals surface area contributed by atoms with Gasteiger partial charge in [0.2, 0.25) is 5.78 Å². The lowest BCUT2D eigenvalue weighted by Gasteiger charge is -2.50. The number of nitrogens with one attached hydrogen (secondary N) is 1. The number of aromatic hydroxyl groups is 1. The number of fused-ring (bicyclic) bond motifs is 4. The van der Waals surface area contributed by atoms with Gasteiger partial charge in [0, 0.05) is 18.0 Å². The number of Topliss-reactive ketones (excluding diaryl/α,β-unsaturated/α-hetero) is 2. The van der Waals surface area contributed by atoms with Crippen LogP contribution in [0.3, 0.4) is 0 Å². The highest BCUT2D eigenvalue weighted by Crippen LogP contribution is 2.53. The first kappa shape index (κ1) is 31.8. The van der Waals surface area contributed by atoms with Crippen LogP contribution >= 0.6 is 0 Å². The second kappa shape index (κ2) is 11.0. The van der Waals surface area contributed by atoms with Gasteiger partial charge in [-0.1, -0.05) is 24.3 Å². The number of benzene rings is 2. The van der Waals surface area contributed by atoms with Crippen LogP contribution in [0.5, 0.6) is 5.75 Å². The molecule has 7 N–H and O–H groups in total. The monoisotopic (exact) mass is 641 g/mol. The number of alkyl halides is 3. The maximum Gasteiger partial charge on any atom is 0.417 e. The molecule has 0 fully saturated rings. The van der Waals surface area contributed by atoms with Crippen molar-refractivity contribution in [3.63, 3.8) is 0 Å². The number of carbonyl (C=O) groups is 3. The lowest BCUT2D eigenvalue weighted by molar-refractivity contribution is -0.148. The number of hydrogen-bond acceptors (Lipinski definition) is 9. The highest BCUT2D eigenvalue weighted by Gasteiger charge is 2.63. The zero-order valence-electron chi connectivity index (χ0n) is 25.1. The SMILES string of the molecule is CN(C)[C@@H]1C(O)=C(C(N)=O)C(=O)[C@@]2(O)C(O)=C3C(=O)c4c(O)cc(CNCC5Cc6ccccc6C5)c(C(F)(F)F)c4C[C@H]3C[C@@H]12. The summed E-state index contributed by atoms with van der Waals surface area (Å²) in [7, 11) is 2.94. The Bertz CT molecular complexity index is 1720. The third-order valence-electron chi connectivity index (χ3n) is 9.97. The fraction of sp³-hybridized carbons (Fsp3) is 0.424. The number of aliphatic hydroxyl groups excluding tert-OH is 2. The van der Waals surface area contributed by atoms with Crippen molar-refractivity contribution in [3.05, 3.63) is 86.4 Å². The molecule has 6 rings (SSSR count). The Morgan fingerprint density at radius 3 is 2.28 bits per heavy atom. The van der Waals surface area contributed by atoms with Crippen molar-refractivity contribution in [2.24, 2.45) is 23.5 Å². The highest BCUT2D eigenvalue weighted by atomic mass is 19.4. The fourth-order valence-electron chi connectivity index (χ4n) is 8.09. The van der Waals surface area contributed by atoms with Crippen LogP contribution in [0, 0.1) is 17.8 Å². The molecule has 0 spiro atoms. The molecule has 0 radical (unpaired) electrons. The van der Waals surface area contributed by atoms with Crippen LogP contribution in [0.2, 0.25) is 0 Å². The van der Waals surface area contributed by atoms with Gasteiger partial charge in [-0.25, -0.2) is 0 Å². The summed E-state index contributed by atoms with van der Waals surface area (Å²) in [5.41, 5.74) is 0.921. The molecule has 4 aliphatic rings. The number of nitrogens with two attached hydrogens (primary N) is 1. The molecule has 244 valence electrons. The molecule has 0 saturated carbocycles. The first-order valence-electron chi connectivity index (χ1n) is 14.9. The average molecular weight is 642 g/mol. The summed E-state index contributed by atoms with van der Waals surface area (Å²) in [5.74, 6) is -8.87. The van der Waals surface area contributed by atoms with Crippen molar-refractivity contribution in [1.82, 2.24) is 10.2 Å². The molecule has 0 unspecified atom stereocenters. The van der Waals surface area contributed by atoms with Crippen LogP contribution in [-0.2, 0) is 41.6 Å². The molecule has 4 aliphatic carbocycles. The lowest BCUT2D eigenvalue weighted by atomic mass is 9.58. The van der Waals surface area contributed by atoms with Crippen molar-refractivity contribution in [2.45, 2.75) is 50.0 Å². The zero-order valence-corrected chi connectivity index (χ0v) is 25.1. The Hall–Kier alpha value is -4.20. The molecular formula is C33H34F3N3O7. The predicted octanol–water partition coefficient (Wildman–Crippen LogP) is 2.64. The third-order valence-corrected chi connectivity index (χ3v) is 9.97. The van der Waals surface area contributed by atoms with Gasteiger partial charge in [0.05, 0.1) is 17.2 Å². The number of halogens is 3. The molecule has 4 atom stereocenters. The first-order chi connectivity index (χ1) is 21.6. The molecule has 2 aromatic carbocycles. The summed E-state index contributed by atoms with van der Waals surface area (Å²) in [6, 6.07) is 7.57. The number of phenolic OH excluding ortho intramolecular Hbond substituents is 1. The number of rotatable bonds is 6. The van der Waals surface area contributed by atoms with Crippen molar-refractivity contribution in [3.8, 4) is 5.75 Å². The van der Waals surface area contributed by atoms with Crippen LogP contribution in [0.4, 0.5) is 13.2 Å². The normalized spacial score (nSPS) is 26.3. The van der Waals surface area contributed by atoms with E-state index in [1.54, 1.807) is 0 Å². The molecule has 46 heavy (non-hydrogen) atoms. The summed E-state index contributed by atoms with van der Waals surface area (Å²) in [6.07, 6.45) is -4.11. The minimum atomic E-state index is -4.91. The van der Waals surface area contributed by atoms with E-state index in [1.807, 2.05) is 24.3 Å². The van der Waals surface area contributed by atoms with Crippen LogP contribution in [0.15, 0.2) is 53.0 Å². The van der Waals surface area contributed by atoms with Crippen LogP contribution in [-0.4, -0.2) is 75.1 Å². The average Bonchev–Trinajstić information content (AvgIpc) is 3.36. The number of ketones is 2. The molecule has 13 heteroatoms. The minimum Gasteiger partial charge on any atom is -0.510 e. The predicted molar refractivity (Wildman–Crippen MR) is 158 cm³/mol.